The molecular weight excluding hydrogens is 283 g/mol. The lowest BCUT2D eigenvalue weighted by Crippen LogP contribution is -2.29. The van der Waals surface area contributed by atoms with Crippen LogP contribution in [0.25, 0.3) is 0 Å². The standard InChI is InChI=1S/C15H13BN2O4/c17-10-9-15(19)18-12-3-7-14(8-4-12)22-13-5-1-11(2-6-13)16(20)21/h1-8,20-21H,9H2,(H,18,19). The highest BCUT2D eigenvalue weighted by atomic mass is 16.5. The maximum atomic E-state index is 11.3. The highest BCUT2D eigenvalue weighted by Gasteiger charge is 2.10. The van der Waals surface area contributed by atoms with Gasteiger partial charge in [0.1, 0.15) is 17.9 Å². The van der Waals surface area contributed by atoms with E-state index < -0.39 is 7.12 Å². The molecule has 2 rings (SSSR count). The van der Waals surface area contributed by atoms with Crippen LogP contribution in [0.2, 0.25) is 0 Å². The van der Waals surface area contributed by atoms with Gasteiger partial charge in [0.2, 0.25) is 5.91 Å². The minimum Gasteiger partial charge on any atom is -0.457 e. The first-order valence-corrected chi connectivity index (χ1v) is 6.49. The van der Waals surface area contributed by atoms with Crippen molar-refractivity contribution >= 4 is 24.2 Å². The summed E-state index contributed by atoms with van der Waals surface area (Å²) in [6.45, 7) is 0. The lowest BCUT2D eigenvalue weighted by atomic mass is 9.80. The third-order valence-corrected chi connectivity index (χ3v) is 2.79. The fourth-order valence-corrected chi connectivity index (χ4v) is 1.73. The number of amides is 1. The van der Waals surface area contributed by atoms with Gasteiger partial charge in [0.15, 0.2) is 0 Å². The Morgan fingerprint density at radius 3 is 2.14 bits per heavy atom. The van der Waals surface area contributed by atoms with Crippen LogP contribution < -0.4 is 15.5 Å². The van der Waals surface area contributed by atoms with E-state index in [1.807, 2.05) is 0 Å². The first-order chi connectivity index (χ1) is 10.6. The third-order valence-electron chi connectivity index (χ3n) is 2.79. The first-order valence-electron chi connectivity index (χ1n) is 6.49. The number of benzene rings is 2. The molecule has 0 unspecified atom stereocenters. The van der Waals surface area contributed by atoms with Gasteiger partial charge in [-0.05, 0) is 41.9 Å². The van der Waals surface area contributed by atoms with Gasteiger partial charge in [0, 0.05) is 5.69 Å². The van der Waals surface area contributed by atoms with E-state index in [1.54, 1.807) is 54.6 Å². The summed E-state index contributed by atoms with van der Waals surface area (Å²) in [5.41, 5.74) is 0.953. The molecule has 3 N–H and O–H groups in total. The zero-order chi connectivity index (χ0) is 15.9. The SMILES string of the molecule is N#CCC(=O)Nc1ccc(Oc2ccc(B(O)O)cc2)cc1. The van der Waals surface area contributed by atoms with Crippen molar-refractivity contribution < 1.29 is 19.6 Å². The summed E-state index contributed by atoms with van der Waals surface area (Å²) in [5, 5.41) is 29.0. The van der Waals surface area contributed by atoms with E-state index in [-0.39, 0.29) is 12.3 Å². The molecule has 0 atom stereocenters. The lowest BCUT2D eigenvalue weighted by molar-refractivity contribution is -0.115. The molecule has 0 saturated heterocycles. The third kappa shape index (κ3) is 4.35. The number of carbonyl (C=O) groups excluding carboxylic acids is 1. The molecule has 1 amide bonds. The number of nitrogens with zero attached hydrogens (tertiary/aromatic N) is 1. The molecule has 0 aromatic heterocycles. The van der Waals surface area contributed by atoms with Crippen molar-refractivity contribution in [3.05, 3.63) is 48.5 Å². The van der Waals surface area contributed by atoms with E-state index in [9.17, 15) is 4.79 Å². The molecule has 22 heavy (non-hydrogen) atoms. The van der Waals surface area contributed by atoms with Crippen LogP contribution in [-0.2, 0) is 4.79 Å². The number of anilines is 1. The molecule has 0 heterocycles. The highest BCUT2D eigenvalue weighted by molar-refractivity contribution is 6.58. The van der Waals surface area contributed by atoms with E-state index in [0.717, 1.165) is 0 Å². The summed E-state index contributed by atoms with van der Waals surface area (Å²) in [7, 11) is -1.51. The second kappa shape index (κ2) is 7.27. The molecule has 6 nitrogen and oxygen atoms in total. The molecule has 0 aliphatic carbocycles. The Morgan fingerprint density at radius 2 is 1.64 bits per heavy atom. The van der Waals surface area contributed by atoms with Crippen LogP contribution in [-0.4, -0.2) is 23.1 Å². The van der Waals surface area contributed by atoms with Crippen molar-refractivity contribution in [1.29, 1.82) is 5.26 Å². The molecule has 0 aliphatic rings. The van der Waals surface area contributed by atoms with Crippen molar-refractivity contribution in [2.75, 3.05) is 5.32 Å². The van der Waals surface area contributed by atoms with Crippen LogP contribution in [0.3, 0.4) is 0 Å². The second-order valence-corrected chi connectivity index (χ2v) is 4.45. The lowest BCUT2D eigenvalue weighted by Gasteiger charge is -2.08. The smallest absolute Gasteiger partial charge is 0.457 e. The summed E-state index contributed by atoms with van der Waals surface area (Å²) in [6, 6.07) is 14.8. The monoisotopic (exact) mass is 296 g/mol. The molecule has 0 bridgehead atoms. The Bertz CT molecular complexity index is 678. The number of nitriles is 1. The van der Waals surface area contributed by atoms with Gasteiger partial charge in [-0.1, -0.05) is 12.1 Å². The van der Waals surface area contributed by atoms with E-state index in [2.05, 4.69) is 5.32 Å². The number of hydrogen-bond acceptors (Lipinski definition) is 5. The summed E-state index contributed by atoms with van der Waals surface area (Å²) >= 11 is 0. The van der Waals surface area contributed by atoms with Gasteiger partial charge in [-0.25, -0.2) is 0 Å². The average Bonchev–Trinajstić information content (AvgIpc) is 2.50. The first kappa shape index (κ1) is 15.6. The zero-order valence-corrected chi connectivity index (χ0v) is 11.6. The van der Waals surface area contributed by atoms with Crippen LogP contribution in [0.4, 0.5) is 5.69 Å². The predicted octanol–water partition coefficient (Wildman–Crippen LogP) is 1.01. The quantitative estimate of drug-likeness (QED) is 0.715. The van der Waals surface area contributed by atoms with Gasteiger partial charge in [-0.2, -0.15) is 5.26 Å². The van der Waals surface area contributed by atoms with Crippen molar-refractivity contribution in [1.82, 2.24) is 0 Å². The van der Waals surface area contributed by atoms with E-state index >= 15 is 0 Å². The van der Waals surface area contributed by atoms with E-state index in [4.69, 9.17) is 20.0 Å². The maximum Gasteiger partial charge on any atom is 0.488 e. The Labute approximate surface area is 127 Å². The number of ether oxygens (including phenoxy) is 1. The minimum absolute atomic E-state index is 0.193. The van der Waals surface area contributed by atoms with Gasteiger partial charge in [0.25, 0.3) is 0 Å². The van der Waals surface area contributed by atoms with Crippen LogP contribution >= 0.6 is 0 Å². The van der Waals surface area contributed by atoms with Crippen LogP contribution in [0.1, 0.15) is 6.42 Å². The average molecular weight is 296 g/mol. The Balaban J connectivity index is 1.99. The number of carbonyl (C=O) groups is 1. The fourth-order valence-electron chi connectivity index (χ4n) is 1.73. The highest BCUT2D eigenvalue weighted by Crippen LogP contribution is 2.22. The number of hydrogen-bond donors (Lipinski definition) is 3. The number of rotatable bonds is 5. The van der Waals surface area contributed by atoms with Gasteiger partial charge in [-0.15, -0.1) is 0 Å². The van der Waals surface area contributed by atoms with Gasteiger partial charge in [0.05, 0.1) is 6.07 Å². The molecule has 0 fully saturated rings. The molecule has 2 aromatic rings. The van der Waals surface area contributed by atoms with Crippen LogP contribution in [0.15, 0.2) is 48.5 Å². The molecule has 0 saturated carbocycles. The Hall–Kier alpha value is -2.82. The molecular formula is C15H13BN2O4. The molecule has 0 aliphatic heterocycles. The van der Waals surface area contributed by atoms with Crippen LogP contribution in [0, 0.1) is 11.3 Å². The fraction of sp³-hybridized carbons (Fsp3) is 0.0667. The predicted molar refractivity (Wildman–Crippen MR) is 81.6 cm³/mol. The second-order valence-electron chi connectivity index (χ2n) is 4.45. The van der Waals surface area contributed by atoms with Gasteiger partial charge >= 0.3 is 7.12 Å². The topological polar surface area (TPSA) is 103 Å². The van der Waals surface area contributed by atoms with Crippen molar-refractivity contribution in [2.45, 2.75) is 6.42 Å². The summed E-state index contributed by atoms with van der Waals surface area (Å²) in [6.07, 6.45) is -0.193. The van der Waals surface area contributed by atoms with Crippen molar-refractivity contribution in [2.24, 2.45) is 0 Å². The Kier molecular flexibility index (Phi) is 5.14. The molecule has 0 spiro atoms. The minimum atomic E-state index is -1.51. The molecule has 7 heteroatoms. The van der Waals surface area contributed by atoms with Crippen molar-refractivity contribution in [3.8, 4) is 17.6 Å². The largest absolute Gasteiger partial charge is 0.488 e. The maximum absolute atomic E-state index is 11.3. The molecule has 0 radical (unpaired) electrons. The zero-order valence-electron chi connectivity index (χ0n) is 11.6. The van der Waals surface area contributed by atoms with Gasteiger partial charge < -0.3 is 20.1 Å². The summed E-state index contributed by atoms with van der Waals surface area (Å²) < 4.78 is 5.59. The van der Waals surface area contributed by atoms with E-state index in [1.165, 1.54) is 0 Å². The Morgan fingerprint density at radius 1 is 1.09 bits per heavy atom. The normalized spacial score (nSPS) is 9.68. The summed E-state index contributed by atoms with van der Waals surface area (Å²) in [5.74, 6) is 0.746. The van der Waals surface area contributed by atoms with E-state index in [0.29, 0.717) is 22.6 Å². The van der Waals surface area contributed by atoms with Gasteiger partial charge in [-0.3, -0.25) is 4.79 Å². The van der Waals surface area contributed by atoms with Crippen LogP contribution in [0.5, 0.6) is 11.5 Å². The summed E-state index contributed by atoms with van der Waals surface area (Å²) in [4.78, 5) is 11.3. The molecule has 110 valence electrons. The van der Waals surface area contributed by atoms with Crippen molar-refractivity contribution in [3.63, 3.8) is 0 Å². The number of nitrogens with one attached hydrogen (secondary N) is 1. The molecule has 2 aromatic carbocycles.